The number of rotatable bonds is 12. The normalized spacial score (nSPS) is 17.4. The van der Waals surface area contributed by atoms with Crippen LogP contribution in [0.2, 0.25) is 0 Å². The Morgan fingerprint density at radius 3 is 2.73 bits per heavy atom. The molecule has 1 atom stereocenters. The number of carbonyl (C=O) groups excluding carboxylic acids is 1. The van der Waals surface area contributed by atoms with Gasteiger partial charge in [0.15, 0.2) is 11.5 Å². The quantitative estimate of drug-likeness (QED) is 0.196. The number of nitrogens with zero attached hydrogens (tertiary/aromatic N) is 11. The summed E-state index contributed by atoms with van der Waals surface area (Å²) in [5.41, 5.74) is 0.222. The maximum atomic E-state index is 13.4. The topological polar surface area (TPSA) is 146 Å². The van der Waals surface area contributed by atoms with Gasteiger partial charge in [-0.25, -0.2) is 9.50 Å². The van der Waals surface area contributed by atoms with Gasteiger partial charge >= 0.3 is 13.2 Å². The Hall–Kier alpha value is -5.17. The second kappa shape index (κ2) is 13.1. The molecule has 0 spiro atoms. The number of benzene rings is 1. The number of aromatic nitrogens is 9. The molecule has 1 unspecified atom stereocenters. The Labute approximate surface area is 270 Å². The van der Waals surface area contributed by atoms with Crippen molar-refractivity contribution >= 4 is 17.2 Å². The van der Waals surface area contributed by atoms with Crippen molar-refractivity contribution in [1.82, 2.24) is 54.4 Å². The summed E-state index contributed by atoms with van der Waals surface area (Å²) < 4.78 is 64.9. The molecule has 15 nitrogen and oxygen atoms in total. The highest BCUT2D eigenvalue weighted by Gasteiger charge is 2.34. The van der Waals surface area contributed by atoms with E-state index >= 15 is 0 Å². The van der Waals surface area contributed by atoms with Gasteiger partial charge in [-0.1, -0.05) is 0 Å². The van der Waals surface area contributed by atoms with E-state index in [2.05, 4.69) is 62.2 Å². The Morgan fingerprint density at radius 1 is 1.12 bits per heavy atom. The molecule has 1 N–H and O–H groups in total. The number of fused-ring (bicyclic) bond motifs is 1. The lowest BCUT2D eigenvalue weighted by atomic mass is 10.1. The summed E-state index contributed by atoms with van der Waals surface area (Å²) in [6.07, 6.45) is 8.26. The summed E-state index contributed by atoms with van der Waals surface area (Å²) in [4.78, 5) is 23.9. The number of ether oxygens (including phenoxy) is 2. The largest absolute Gasteiger partial charge is 0.435 e. The van der Waals surface area contributed by atoms with Crippen LogP contribution in [0.25, 0.3) is 16.9 Å². The van der Waals surface area contributed by atoms with Gasteiger partial charge in [0.2, 0.25) is 0 Å². The van der Waals surface area contributed by atoms with Gasteiger partial charge in [0, 0.05) is 44.3 Å². The number of hydrogen-bond acceptors (Lipinski definition) is 11. The standard InChI is InChI=1S/C29H30F4N12O3/c1-41-8-2-4-17(41)12-42-13-18(14-42)45-38-24(37-40-45)16-43-15-22(36-27(46)21-11-35-44-9-3-7-34-26(21)44)25(39-43)20-10-19(47-28(30)31)5-6-23(20)48-29(32)33/h3,5-7,9-11,15,17-18,28-29H,2,4,8,12-14,16H2,1H3,(H,36,46). The average Bonchev–Trinajstić information content (AvgIpc) is 3.83. The molecule has 5 aromatic rings. The summed E-state index contributed by atoms with van der Waals surface area (Å²) in [5, 5.41) is 24.2. The van der Waals surface area contributed by atoms with Gasteiger partial charge in [-0.3, -0.25) is 14.4 Å². The van der Waals surface area contributed by atoms with E-state index in [4.69, 9.17) is 0 Å². The minimum Gasteiger partial charge on any atom is -0.435 e. The first kappa shape index (κ1) is 31.4. The zero-order chi connectivity index (χ0) is 33.4. The Morgan fingerprint density at radius 2 is 1.96 bits per heavy atom. The number of amides is 1. The van der Waals surface area contributed by atoms with Crippen LogP contribution < -0.4 is 14.8 Å². The first-order valence-corrected chi connectivity index (χ1v) is 15.1. The van der Waals surface area contributed by atoms with Gasteiger partial charge in [-0.15, -0.1) is 10.2 Å². The second-order valence-corrected chi connectivity index (χ2v) is 11.6. The molecule has 1 aromatic carbocycles. The van der Waals surface area contributed by atoms with Crippen molar-refractivity contribution in [1.29, 1.82) is 0 Å². The van der Waals surface area contributed by atoms with Gasteiger partial charge in [0.25, 0.3) is 5.91 Å². The Bertz CT molecular complexity index is 1910. The second-order valence-electron chi connectivity index (χ2n) is 11.6. The van der Waals surface area contributed by atoms with Crippen molar-refractivity contribution in [2.45, 2.75) is 44.7 Å². The molecule has 2 aliphatic heterocycles. The van der Waals surface area contributed by atoms with Crippen LogP contribution in [0.15, 0.2) is 49.1 Å². The van der Waals surface area contributed by atoms with E-state index in [9.17, 15) is 22.4 Å². The van der Waals surface area contributed by atoms with Crippen molar-refractivity contribution in [3.8, 4) is 22.8 Å². The van der Waals surface area contributed by atoms with E-state index in [1.165, 1.54) is 40.6 Å². The summed E-state index contributed by atoms with van der Waals surface area (Å²) >= 11 is 0. The summed E-state index contributed by atoms with van der Waals surface area (Å²) in [6, 6.07) is 5.44. The van der Waals surface area contributed by atoms with Crippen LogP contribution in [0.4, 0.5) is 23.2 Å². The number of anilines is 1. The molecule has 4 aromatic heterocycles. The molecule has 2 aliphatic rings. The molecule has 252 valence electrons. The number of hydrogen-bond donors (Lipinski definition) is 1. The van der Waals surface area contributed by atoms with E-state index in [0.29, 0.717) is 11.9 Å². The highest BCUT2D eigenvalue weighted by atomic mass is 19.3. The molecule has 2 saturated heterocycles. The Kier molecular flexibility index (Phi) is 8.61. The summed E-state index contributed by atoms with van der Waals surface area (Å²) in [6.45, 7) is -2.73. The smallest absolute Gasteiger partial charge is 0.387 e. The fourth-order valence-electron chi connectivity index (χ4n) is 6.00. The zero-order valence-electron chi connectivity index (χ0n) is 25.5. The van der Waals surface area contributed by atoms with Crippen molar-refractivity contribution in [2.75, 3.05) is 38.5 Å². The monoisotopic (exact) mass is 670 g/mol. The molecular weight excluding hydrogens is 640 g/mol. The highest BCUT2D eigenvalue weighted by Crippen LogP contribution is 2.38. The highest BCUT2D eigenvalue weighted by molar-refractivity contribution is 6.09. The number of alkyl halides is 4. The molecule has 2 fully saturated rings. The maximum absolute atomic E-state index is 13.4. The number of carbonyl (C=O) groups is 1. The first-order chi connectivity index (χ1) is 23.2. The van der Waals surface area contributed by atoms with Crippen LogP contribution >= 0.6 is 0 Å². The number of likely N-dealkylation sites (N-methyl/N-ethyl adjacent to an activating group) is 1. The third-order valence-corrected chi connectivity index (χ3v) is 8.36. The molecule has 0 saturated carbocycles. The molecule has 0 radical (unpaired) electrons. The number of likely N-dealkylation sites (tertiary alicyclic amines) is 2. The number of nitrogens with one attached hydrogen (secondary N) is 1. The molecule has 6 heterocycles. The van der Waals surface area contributed by atoms with Crippen LogP contribution in [0.5, 0.6) is 11.5 Å². The van der Waals surface area contributed by atoms with Crippen molar-refractivity contribution in [3.05, 3.63) is 60.4 Å². The lowest BCUT2D eigenvalue weighted by Gasteiger charge is -2.40. The van der Waals surface area contributed by atoms with E-state index in [1.54, 1.807) is 17.1 Å². The fourth-order valence-corrected chi connectivity index (χ4v) is 6.00. The fraction of sp³-hybridized carbons (Fsp3) is 0.414. The predicted octanol–water partition coefficient (Wildman–Crippen LogP) is 3.03. The van der Waals surface area contributed by atoms with E-state index < -0.39 is 19.1 Å². The average molecular weight is 671 g/mol. The minimum absolute atomic E-state index is 0.0112. The van der Waals surface area contributed by atoms with Crippen molar-refractivity contribution in [3.63, 3.8) is 0 Å². The zero-order valence-corrected chi connectivity index (χ0v) is 25.5. The molecule has 48 heavy (non-hydrogen) atoms. The molecule has 1 amide bonds. The van der Waals surface area contributed by atoms with E-state index in [-0.39, 0.29) is 52.2 Å². The van der Waals surface area contributed by atoms with Crippen LogP contribution in [-0.2, 0) is 6.54 Å². The van der Waals surface area contributed by atoms with Crippen LogP contribution in [-0.4, -0.2) is 113 Å². The lowest BCUT2D eigenvalue weighted by Crippen LogP contribution is -2.52. The van der Waals surface area contributed by atoms with E-state index in [0.717, 1.165) is 44.4 Å². The molecule has 19 heteroatoms. The Balaban J connectivity index is 1.16. The molecular formula is C29H30F4N12O3. The predicted molar refractivity (Wildman–Crippen MR) is 160 cm³/mol. The van der Waals surface area contributed by atoms with Gasteiger partial charge in [-0.2, -0.15) is 32.6 Å². The SMILES string of the molecule is CN1CCCC1CN1CC(n2nnc(Cn3cc(NC(=O)c4cnn5cccnc45)c(-c4cc(OC(F)F)ccc4OC(F)F)n3)n2)C1. The first-order valence-electron chi connectivity index (χ1n) is 15.1. The van der Waals surface area contributed by atoms with E-state index in [1.807, 2.05) is 0 Å². The van der Waals surface area contributed by atoms with Crippen molar-refractivity contribution < 1.29 is 31.8 Å². The molecule has 0 bridgehead atoms. The number of tetrazole rings is 1. The van der Waals surface area contributed by atoms with Crippen LogP contribution in [0, 0.1) is 0 Å². The number of halogens is 4. The van der Waals surface area contributed by atoms with Crippen LogP contribution in [0.1, 0.15) is 35.1 Å². The minimum atomic E-state index is -3.24. The third kappa shape index (κ3) is 6.63. The molecule has 7 rings (SSSR count). The van der Waals surface area contributed by atoms with Gasteiger partial charge in [0.05, 0.1) is 23.5 Å². The van der Waals surface area contributed by atoms with Crippen molar-refractivity contribution in [2.24, 2.45) is 0 Å². The van der Waals surface area contributed by atoms with Gasteiger partial charge in [0.1, 0.15) is 29.3 Å². The maximum Gasteiger partial charge on any atom is 0.387 e. The summed E-state index contributed by atoms with van der Waals surface area (Å²) in [5.74, 6) is -1.05. The van der Waals surface area contributed by atoms with Crippen LogP contribution in [0.3, 0.4) is 0 Å². The third-order valence-electron chi connectivity index (χ3n) is 8.36. The molecule has 0 aliphatic carbocycles. The van der Waals surface area contributed by atoms with Gasteiger partial charge < -0.3 is 19.7 Å². The summed E-state index contributed by atoms with van der Waals surface area (Å²) in [7, 11) is 2.15. The van der Waals surface area contributed by atoms with Gasteiger partial charge in [-0.05, 0) is 55.9 Å². The lowest BCUT2D eigenvalue weighted by molar-refractivity contribution is -0.0526.